The molecule has 1 aliphatic carbocycles. The first-order valence-corrected chi connectivity index (χ1v) is 8.23. The molecule has 1 aromatic carbocycles. The second-order valence-electron chi connectivity index (χ2n) is 5.69. The van der Waals surface area contributed by atoms with Gasteiger partial charge in [-0.05, 0) is 47.4 Å². The monoisotopic (exact) mass is 345 g/mol. The Morgan fingerprint density at radius 3 is 2.45 bits per heavy atom. The molecule has 0 aromatic heterocycles. The SMILES string of the molecule is CNC(CC1CCCCCC1)c1c(F)ccc(Br)c1F. The van der Waals surface area contributed by atoms with Crippen LogP contribution in [0.1, 0.15) is 56.6 Å². The molecular weight excluding hydrogens is 324 g/mol. The second kappa shape index (κ2) is 7.51. The first kappa shape index (κ1) is 15.9. The van der Waals surface area contributed by atoms with Crippen LogP contribution in [0.2, 0.25) is 0 Å². The molecular formula is C16H22BrF2N. The van der Waals surface area contributed by atoms with Crippen LogP contribution >= 0.6 is 15.9 Å². The molecule has 0 heterocycles. The number of hydrogen-bond donors (Lipinski definition) is 1. The Morgan fingerprint density at radius 2 is 1.85 bits per heavy atom. The van der Waals surface area contributed by atoms with Gasteiger partial charge in [0.25, 0.3) is 0 Å². The van der Waals surface area contributed by atoms with Crippen LogP contribution in [0, 0.1) is 17.6 Å². The van der Waals surface area contributed by atoms with Crippen molar-refractivity contribution in [2.75, 3.05) is 7.05 Å². The van der Waals surface area contributed by atoms with Gasteiger partial charge in [-0.15, -0.1) is 0 Å². The summed E-state index contributed by atoms with van der Waals surface area (Å²) in [4.78, 5) is 0. The molecule has 0 radical (unpaired) electrons. The summed E-state index contributed by atoms with van der Waals surface area (Å²) in [6.07, 6.45) is 8.22. The van der Waals surface area contributed by atoms with Crippen molar-refractivity contribution in [2.24, 2.45) is 5.92 Å². The molecule has 1 aromatic rings. The summed E-state index contributed by atoms with van der Waals surface area (Å²) in [5.74, 6) is -0.371. The lowest BCUT2D eigenvalue weighted by Gasteiger charge is -2.23. The van der Waals surface area contributed by atoms with Crippen LogP contribution in [0.25, 0.3) is 0 Å². The molecule has 1 unspecified atom stereocenters. The molecule has 4 heteroatoms. The van der Waals surface area contributed by atoms with Crippen LogP contribution in [0.15, 0.2) is 16.6 Å². The number of hydrogen-bond acceptors (Lipinski definition) is 1. The van der Waals surface area contributed by atoms with Crippen molar-refractivity contribution >= 4 is 15.9 Å². The predicted octanol–water partition coefficient (Wildman–Crippen LogP) is 5.35. The largest absolute Gasteiger partial charge is 0.313 e. The van der Waals surface area contributed by atoms with Crippen molar-refractivity contribution in [2.45, 2.75) is 51.0 Å². The van der Waals surface area contributed by atoms with E-state index >= 15 is 0 Å². The van der Waals surface area contributed by atoms with Gasteiger partial charge in [0.2, 0.25) is 0 Å². The van der Waals surface area contributed by atoms with Gasteiger partial charge in [-0.1, -0.05) is 38.5 Å². The number of nitrogens with one attached hydrogen (secondary N) is 1. The van der Waals surface area contributed by atoms with E-state index in [1.165, 1.54) is 50.7 Å². The molecule has 1 atom stereocenters. The first-order valence-electron chi connectivity index (χ1n) is 7.44. The fraction of sp³-hybridized carbons (Fsp3) is 0.625. The Hall–Kier alpha value is -0.480. The zero-order valence-electron chi connectivity index (χ0n) is 11.9. The van der Waals surface area contributed by atoms with Crippen molar-refractivity contribution < 1.29 is 8.78 Å². The molecule has 1 N–H and O–H groups in total. The van der Waals surface area contributed by atoms with E-state index in [-0.39, 0.29) is 11.6 Å². The first-order chi connectivity index (χ1) is 9.63. The van der Waals surface area contributed by atoms with Gasteiger partial charge < -0.3 is 5.32 Å². The zero-order valence-corrected chi connectivity index (χ0v) is 13.5. The highest BCUT2D eigenvalue weighted by molar-refractivity contribution is 9.10. The molecule has 0 amide bonds. The maximum atomic E-state index is 14.2. The second-order valence-corrected chi connectivity index (χ2v) is 6.55. The molecule has 20 heavy (non-hydrogen) atoms. The summed E-state index contributed by atoms with van der Waals surface area (Å²) in [6, 6.07) is 2.50. The third-order valence-corrected chi connectivity index (χ3v) is 4.93. The van der Waals surface area contributed by atoms with Gasteiger partial charge >= 0.3 is 0 Å². The highest BCUT2D eigenvalue weighted by Crippen LogP contribution is 2.34. The Bertz CT molecular complexity index is 442. The maximum Gasteiger partial charge on any atom is 0.145 e. The van der Waals surface area contributed by atoms with Crippen molar-refractivity contribution in [1.82, 2.24) is 5.32 Å². The highest BCUT2D eigenvalue weighted by atomic mass is 79.9. The average Bonchev–Trinajstić information content (AvgIpc) is 2.70. The van der Waals surface area contributed by atoms with Crippen LogP contribution in [0.5, 0.6) is 0 Å². The van der Waals surface area contributed by atoms with Crippen molar-refractivity contribution in [3.8, 4) is 0 Å². The van der Waals surface area contributed by atoms with E-state index in [1.54, 1.807) is 7.05 Å². The predicted molar refractivity (Wildman–Crippen MR) is 81.7 cm³/mol. The van der Waals surface area contributed by atoms with Crippen LogP contribution in [-0.4, -0.2) is 7.05 Å². The smallest absolute Gasteiger partial charge is 0.145 e. The van der Waals surface area contributed by atoms with Crippen molar-refractivity contribution in [3.05, 3.63) is 33.8 Å². The molecule has 0 bridgehead atoms. The van der Waals surface area contributed by atoms with Gasteiger partial charge in [0.05, 0.1) is 4.47 Å². The van der Waals surface area contributed by atoms with E-state index in [2.05, 4.69) is 21.2 Å². The minimum absolute atomic E-state index is 0.172. The topological polar surface area (TPSA) is 12.0 Å². The lowest BCUT2D eigenvalue weighted by molar-refractivity contribution is 0.353. The Kier molecular flexibility index (Phi) is 5.97. The Labute approximate surface area is 128 Å². The lowest BCUT2D eigenvalue weighted by atomic mass is 9.89. The Balaban J connectivity index is 2.17. The standard InChI is InChI=1S/C16H22BrF2N/c1-20-14(10-11-6-4-2-3-5-7-11)15-13(18)9-8-12(17)16(15)19/h8-9,11,14,20H,2-7,10H2,1H3. The summed E-state index contributed by atoms with van der Waals surface area (Å²) in [7, 11) is 1.78. The highest BCUT2D eigenvalue weighted by Gasteiger charge is 2.24. The van der Waals surface area contributed by atoms with Gasteiger partial charge in [0, 0.05) is 11.6 Å². The summed E-state index contributed by atoms with van der Waals surface area (Å²) < 4.78 is 28.5. The molecule has 1 nitrogen and oxygen atoms in total. The van der Waals surface area contributed by atoms with Crippen LogP contribution < -0.4 is 5.32 Å². The fourth-order valence-electron chi connectivity index (χ4n) is 3.18. The van der Waals surface area contributed by atoms with E-state index in [1.807, 2.05) is 0 Å². The minimum Gasteiger partial charge on any atom is -0.313 e. The number of halogens is 3. The van der Waals surface area contributed by atoms with E-state index < -0.39 is 11.6 Å². The fourth-order valence-corrected chi connectivity index (χ4v) is 3.52. The molecule has 1 aliphatic rings. The van der Waals surface area contributed by atoms with Crippen molar-refractivity contribution in [1.29, 1.82) is 0 Å². The van der Waals surface area contributed by atoms with E-state index in [4.69, 9.17) is 0 Å². The number of rotatable bonds is 4. The van der Waals surface area contributed by atoms with Crippen LogP contribution in [0.4, 0.5) is 8.78 Å². The van der Waals surface area contributed by atoms with E-state index in [9.17, 15) is 8.78 Å². The van der Waals surface area contributed by atoms with E-state index in [0.29, 0.717) is 10.4 Å². The summed E-state index contributed by atoms with van der Waals surface area (Å²) in [6.45, 7) is 0. The third-order valence-electron chi connectivity index (χ3n) is 4.32. The quantitative estimate of drug-likeness (QED) is 0.573. The zero-order chi connectivity index (χ0) is 14.5. The lowest BCUT2D eigenvalue weighted by Crippen LogP contribution is -2.22. The molecule has 1 saturated carbocycles. The number of benzene rings is 1. The third kappa shape index (κ3) is 3.79. The Morgan fingerprint density at radius 1 is 1.20 bits per heavy atom. The van der Waals surface area contributed by atoms with Crippen LogP contribution in [-0.2, 0) is 0 Å². The van der Waals surface area contributed by atoms with Crippen molar-refractivity contribution in [3.63, 3.8) is 0 Å². The molecule has 0 aliphatic heterocycles. The molecule has 2 rings (SSSR count). The molecule has 0 spiro atoms. The summed E-state index contributed by atoms with van der Waals surface area (Å²) >= 11 is 3.15. The maximum absolute atomic E-state index is 14.2. The van der Waals surface area contributed by atoms with Gasteiger partial charge in [0.15, 0.2) is 0 Å². The normalized spacial score (nSPS) is 18.8. The molecule has 1 fully saturated rings. The van der Waals surface area contributed by atoms with Gasteiger partial charge in [-0.3, -0.25) is 0 Å². The molecule has 0 saturated heterocycles. The van der Waals surface area contributed by atoms with Gasteiger partial charge in [-0.2, -0.15) is 0 Å². The molecule has 112 valence electrons. The summed E-state index contributed by atoms with van der Waals surface area (Å²) in [5.41, 5.74) is 0.172. The van der Waals surface area contributed by atoms with E-state index in [0.717, 1.165) is 6.42 Å². The minimum atomic E-state index is -0.474. The van der Waals surface area contributed by atoms with Gasteiger partial charge in [-0.25, -0.2) is 8.78 Å². The average molecular weight is 346 g/mol. The summed E-state index contributed by atoms with van der Waals surface area (Å²) in [5, 5.41) is 3.09. The van der Waals surface area contributed by atoms with Gasteiger partial charge in [0.1, 0.15) is 11.6 Å². The van der Waals surface area contributed by atoms with Crippen LogP contribution in [0.3, 0.4) is 0 Å².